The number of rotatable bonds is 5. The van der Waals surface area contributed by atoms with Crippen LogP contribution in [0.25, 0.3) is 0 Å². The Bertz CT molecular complexity index is 435. The van der Waals surface area contributed by atoms with Crippen molar-refractivity contribution in [1.82, 2.24) is 5.32 Å². The lowest BCUT2D eigenvalue weighted by molar-refractivity contribution is 0.380. The molecular weight excluding hydrogens is 226 g/mol. The van der Waals surface area contributed by atoms with Crippen molar-refractivity contribution in [2.24, 2.45) is 0 Å². The van der Waals surface area contributed by atoms with Crippen LogP contribution in [0.4, 0.5) is 0 Å². The van der Waals surface area contributed by atoms with Crippen LogP contribution in [0.3, 0.4) is 0 Å². The summed E-state index contributed by atoms with van der Waals surface area (Å²) in [5.41, 5.74) is 1.42. The van der Waals surface area contributed by atoms with Crippen molar-refractivity contribution in [3.05, 3.63) is 58.3 Å². The van der Waals surface area contributed by atoms with Gasteiger partial charge in [-0.05, 0) is 36.9 Å². The summed E-state index contributed by atoms with van der Waals surface area (Å²) in [5.74, 6) is 0. The van der Waals surface area contributed by atoms with E-state index in [-0.39, 0.29) is 5.54 Å². The molecule has 0 aliphatic carbocycles. The Morgan fingerprint density at radius 3 is 2.47 bits per heavy atom. The lowest BCUT2D eigenvalue weighted by atomic mass is 9.91. The molecule has 2 aromatic rings. The molecule has 90 valence electrons. The first-order valence-corrected chi connectivity index (χ1v) is 6.95. The zero-order chi connectivity index (χ0) is 12.1. The fourth-order valence-corrected chi connectivity index (χ4v) is 3.09. The summed E-state index contributed by atoms with van der Waals surface area (Å²) in [5, 5.41) is 5.77. The fraction of sp³-hybridized carbons (Fsp3) is 0.333. The second kappa shape index (κ2) is 5.48. The van der Waals surface area contributed by atoms with Crippen LogP contribution in [0.15, 0.2) is 47.8 Å². The average molecular weight is 245 g/mol. The Morgan fingerprint density at radius 2 is 1.88 bits per heavy atom. The first-order chi connectivity index (χ1) is 8.24. The van der Waals surface area contributed by atoms with Crippen LogP contribution in [0.1, 0.15) is 24.3 Å². The largest absolute Gasteiger partial charge is 0.307 e. The third kappa shape index (κ3) is 2.96. The summed E-state index contributed by atoms with van der Waals surface area (Å²) in [6, 6.07) is 15.0. The fourth-order valence-electron chi connectivity index (χ4n) is 2.22. The van der Waals surface area contributed by atoms with Gasteiger partial charge in [-0.25, -0.2) is 0 Å². The molecule has 2 heteroatoms. The maximum absolute atomic E-state index is 3.62. The highest BCUT2D eigenvalue weighted by Crippen LogP contribution is 2.29. The second-order valence-corrected chi connectivity index (χ2v) is 5.45. The van der Waals surface area contributed by atoms with Gasteiger partial charge < -0.3 is 5.32 Å². The van der Waals surface area contributed by atoms with Crippen molar-refractivity contribution in [1.29, 1.82) is 0 Å². The topological polar surface area (TPSA) is 12.0 Å². The molecular formula is C15H19NS. The summed E-state index contributed by atoms with van der Waals surface area (Å²) >= 11 is 1.83. The third-order valence-corrected chi connectivity index (χ3v) is 4.17. The van der Waals surface area contributed by atoms with E-state index in [9.17, 15) is 0 Å². The Morgan fingerprint density at radius 1 is 1.12 bits per heavy atom. The molecule has 0 radical (unpaired) electrons. The van der Waals surface area contributed by atoms with Gasteiger partial charge in [-0.3, -0.25) is 0 Å². The van der Waals surface area contributed by atoms with Crippen LogP contribution in [0, 0.1) is 0 Å². The lowest BCUT2D eigenvalue weighted by Gasteiger charge is -2.30. The SMILES string of the molecule is CCNC(C)(Cc1ccccc1)c1cccs1. The Labute approximate surface area is 108 Å². The standard InChI is InChI=1S/C15H19NS/c1-3-16-15(2,14-10-7-11-17-14)12-13-8-5-4-6-9-13/h4-11,16H,3,12H2,1-2H3. The number of benzene rings is 1. The number of thiophene rings is 1. The molecule has 0 saturated carbocycles. The highest BCUT2D eigenvalue weighted by Gasteiger charge is 2.26. The van der Waals surface area contributed by atoms with Gasteiger partial charge in [-0.2, -0.15) is 0 Å². The summed E-state index contributed by atoms with van der Waals surface area (Å²) < 4.78 is 0. The summed E-state index contributed by atoms with van der Waals surface area (Å²) in [7, 11) is 0. The number of nitrogens with one attached hydrogen (secondary N) is 1. The van der Waals surface area contributed by atoms with E-state index in [1.165, 1.54) is 10.4 Å². The highest BCUT2D eigenvalue weighted by molar-refractivity contribution is 7.10. The molecule has 2 rings (SSSR count). The second-order valence-electron chi connectivity index (χ2n) is 4.50. The van der Waals surface area contributed by atoms with Crippen LogP contribution in [-0.4, -0.2) is 6.54 Å². The van der Waals surface area contributed by atoms with E-state index >= 15 is 0 Å². The Kier molecular flexibility index (Phi) is 3.97. The van der Waals surface area contributed by atoms with Gasteiger partial charge in [0, 0.05) is 4.88 Å². The average Bonchev–Trinajstić information content (AvgIpc) is 2.84. The number of hydrogen-bond donors (Lipinski definition) is 1. The predicted octanol–water partition coefficient (Wildman–Crippen LogP) is 3.82. The summed E-state index contributed by atoms with van der Waals surface area (Å²) in [6.45, 7) is 5.44. The van der Waals surface area contributed by atoms with Gasteiger partial charge in [0.2, 0.25) is 0 Å². The minimum Gasteiger partial charge on any atom is -0.307 e. The molecule has 1 aromatic heterocycles. The van der Waals surface area contributed by atoms with Crippen LogP contribution >= 0.6 is 11.3 Å². The van der Waals surface area contributed by atoms with Crippen LogP contribution < -0.4 is 5.32 Å². The highest BCUT2D eigenvalue weighted by atomic mass is 32.1. The predicted molar refractivity (Wildman–Crippen MR) is 75.5 cm³/mol. The molecule has 0 aliphatic heterocycles. The molecule has 1 nitrogen and oxygen atoms in total. The molecule has 0 fully saturated rings. The monoisotopic (exact) mass is 245 g/mol. The maximum atomic E-state index is 3.62. The third-order valence-electron chi connectivity index (χ3n) is 3.03. The van der Waals surface area contributed by atoms with Gasteiger partial charge in [0.1, 0.15) is 0 Å². The quantitative estimate of drug-likeness (QED) is 0.844. The molecule has 17 heavy (non-hydrogen) atoms. The van der Waals surface area contributed by atoms with Crippen molar-refractivity contribution in [2.45, 2.75) is 25.8 Å². The summed E-state index contributed by atoms with van der Waals surface area (Å²) in [4.78, 5) is 1.41. The van der Waals surface area contributed by atoms with E-state index in [2.05, 4.69) is 67.0 Å². The van der Waals surface area contributed by atoms with E-state index in [1.54, 1.807) is 0 Å². The molecule has 0 aliphatic rings. The zero-order valence-corrected chi connectivity index (χ0v) is 11.3. The van der Waals surface area contributed by atoms with Crippen molar-refractivity contribution in [3.63, 3.8) is 0 Å². The molecule has 1 aromatic carbocycles. The Balaban J connectivity index is 2.23. The van der Waals surface area contributed by atoms with E-state index < -0.39 is 0 Å². The van der Waals surface area contributed by atoms with Crippen molar-refractivity contribution in [2.75, 3.05) is 6.54 Å². The molecule has 1 heterocycles. The van der Waals surface area contributed by atoms with Crippen molar-refractivity contribution < 1.29 is 0 Å². The zero-order valence-electron chi connectivity index (χ0n) is 10.4. The lowest BCUT2D eigenvalue weighted by Crippen LogP contribution is -2.40. The van der Waals surface area contributed by atoms with Gasteiger partial charge in [0.05, 0.1) is 5.54 Å². The normalized spacial score (nSPS) is 14.5. The van der Waals surface area contributed by atoms with Crippen molar-refractivity contribution in [3.8, 4) is 0 Å². The number of likely N-dealkylation sites (N-methyl/N-ethyl adjacent to an activating group) is 1. The van der Waals surface area contributed by atoms with E-state index in [1.807, 2.05) is 11.3 Å². The maximum Gasteiger partial charge on any atom is 0.0540 e. The van der Waals surface area contributed by atoms with Crippen LogP contribution in [0.2, 0.25) is 0 Å². The van der Waals surface area contributed by atoms with E-state index in [0.29, 0.717) is 0 Å². The molecule has 1 unspecified atom stereocenters. The van der Waals surface area contributed by atoms with Crippen LogP contribution in [-0.2, 0) is 12.0 Å². The van der Waals surface area contributed by atoms with Gasteiger partial charge in [0.25, 0.3) is 0 Å². The molecule has 0 bridgehead atoms. The van der Waals surface area contributed by atoms with Gasteiger partial charge >= 0.3 is 0 Å². The minimum atomic E-state index is 0.0459. The van der Waals surface area contributed by atoms with E-state index in [0.717, 1.165) is 13.0 Å². The number of hydrogen-bond acceptors (Lipinski definition) is 2. The summed E-state index contributed by atoms with van der Waals surface area (Å²) in [6.07, 6.45) is 1.03. The molecule has 0 amide bonds. The smallest absolute Gasteiger partial charge is 0.0540 e. The Hall–Kier alpha value is -1.12. The van der Waals surface area contributed by atoms with E-state index in [4.69, 9.17) is 0 Å². The van der Waals surface area contributed by atoms with Gasteiger partial charge in [-0.1, -0.05) is 43.3 Å². The molecule has 0 spiro atoms. The van der Waals surface area contributed by atoms with Crippen molar-refractivity contribution >= 4 is 11.3 Å². The van der Waals surface area contributed by atoms with Crippen LogP contribution in [0.5, 0.6) is 0 Å². The first-order valence-electron chi connectivity index (χ1n) is 6.07. The molecule has 1 N–H and O–H groups in total. The first kappa shape index (κ1) is 12.3. The van der Waals surface area contributed by atoms with Gasteiger partial charge in [0.15, 0.2) is 0 Å². The molecule has 1 atom stereocenters. The van der Waals surface area contributed by atoms with Gasteiger partial charge in [-0.15, -0.1) is 11.3 Å². The minimum absolute atomic E-state index is 0.0459. The molecule has 0 saturated heterocycles.